The van der Waals surface area contributed by atoms with Crippen molar-refractivity contribution >= 4 is 15.5 Å². The molecular formula is C12H18N2O2S. The van der Waals surface area contributed by atoms with Gasteiger partial charge >= 0.3 is 0 Å². The second kappa shape index (κ2) is 5.06. The number of anilines is 1. The van der Waals surface area contributed by atoms with E-state index in [0.29, 0.717) is 12.2 Å². The van der Waals surface area contributed by atoms with E-state index in [0.717, 1.165) is 13.1 Å². The standard InChI is InChI=1S/C12H18N2O2S/c13-11-5-1-2-6-12(11)17(15,16)10-9-14-7-3-4-8-14/h1-2,5-6H,3-4,7-10,13H2. The summed E-state index contributed by atoms with van der Waals surface area (Å²) in [6, 6.07) is 6.66. The number of hydrogen-bond acceptors (Lipinski definition) is 4. The number of para-hydroxylation sites is 1. The zero-order chi connectivity index (χ0) is 12.3. The molecule has 0 aliphatic carbocycles. The Morgan fingerprint density at radius 3 is 2.47 bits per heavy atom. The quantitative estimate of drug-likeness (QED) is 0.818. The van der Waals surface area contributed by atoms with Crippen LogP contribution in [-0.2, 0) is 9.84 Å². The topological polar surface area (TPSA) is 63.4 Å². The first kappa shape index (κ1) is 12.4. The van der Waals surface area contributed by atoms with Gasteiger partial charge in [0.25, 0.3) is 0 Å². The molecule has 0 saturated carbocycles. The molecule has 1 fully saturated rings. The first-order valence-electron chi connectivity index (χ1n) is 5.89. The molecule has 1 aliphatic rings. The summed E-state index contributed by atoms with van der Waals surface area (Å²) < 4.78 is 24.2. The van der Waals surface area contributed by atoms with E-state index in [1.807, 2.05) is 0 Å². The second-order valence-electron chi connectivity index (χ2n) is 4.41. The Morgan fingerprint density at radius 1 is 1.18 bits per heavy atom. The highest BCUT2D eigenvalue weighted by molar-refractivity contribution is 7.91. The van der Waals surface area contributed by atoms with Crippen molar-refractivity contribution in [2.24, 2.45) is 0 Å². The Balaban J connectivity index is 2.06. The molecule has 1 aliphatic heterocycles. The molecule has 94 valence electrons. The lowest BCUT2D eigenvalue weighted by molar-refractivity contribution is 0.359. The molecule has 0 bridgehead atoms. The Hall–Kier alpha value is -1.07. The third kappa shape index (κ3) is 2.98. The first-order valence-corrected chi connectivity index (χ1v) is 7.54. The molecular weight excluding hydrogens is 236 g/mol. The third-order valence-electron chi connectivity index (χ3n) is 3.13. The smallest absolute Gasteiger partial charge is 0.181 e. The fourth-order valence-electron chi connectivity index (χ4n) is 2.13. The highest BCUT2D eigenvalue weighted by Crippen LogP contribution is 2.19. The largest absolute Gasteiger partial charge is 0.398 e. The van der Waals surface area contributed by atoms with E-state index >= 15 is 0 Å². The zero-order valence-corrected chi connectivity index (χ0v) is 10.6. The lowest BCUT2D eigenvalue weighted by Gasteiger charge is -2.14. The molecule has 1 heterocycles. The van der Waals surface area contributed by atoms with Crippen molar-refractivity contribution in [2.45, 2.75) is 17.7 Å². The molecule has 0 atom stereocenters. The molecule has 0 unspecified atom stereocenters. The molecule has 1 aromatic rings. The van der Waals surface area contributed by atoms with Gasteiger partial charge in [-0.2, -0.15) is 0 Å². The Morgan fingerprint density at radius 2 is 1.82 bits per heavy atom. The number of nitrogens with two attached hydrogens (primary N) is 1. The maximum absolute atomic E-state index is 12.1. The van der Waals surface area contributed by atoms with E-state index in [9.17, 15) is 8.42 Å². The molecule has 17 heavy (non-hydrogen) atoms. The Labute approximate surface area is 102 Å². The van der Waals surface area contributed by atoms with Crippen LogP contribution < -0.4 is 5.73 Å². The number of nitrogen functional groups attached to an aromatic ring is 1. The van der Waals surface area contributed by atoms with Crippen molar-refractivity contribution in [3.8, 4) is 0 Å². The van der Waals surface area contributed by atoms with Crippen molar-refractivity contribution in [2.75, 3.05) is 31.1 Å². The molecule has 2 rings (SSSR count). The number of benzene rings is 1. The summed E-state index contributed by atoms with van der Waals surface area (Å²) >= 11 is 0. The van der Waals surface area contributed by atoms with Gasteiger partial charge in [-0.05, 0) is 38.1 Å². The van der Waals surface area contributed by atoms with E-state index in [1.165, 1.54) is 12.8 Å². The van der Waals surface area contributed by atoms with Crippen LogP contribution in [0.3, 0.4) is 0 Å². The maximum Gasteiger partial charge on any atom is 0.181 e. The normalized spacial score (nSPS) is 17.4. The van der Waals surface area contributed by atoms with E-state index in [1.54, 1.807) is 24.3 Å². The van der Waals surface area contributed by atoms with Gasteiger partial charge in [-0.25, -0.2) is 8.42 Å². The number of nitrogens with zero attached hydrogens (tertiary/aromatic N) is 1. The van der Waals surface area contributed by atoms with E-state index in [4.69, 9.17) is 5.73 Å². The van der Waals surface area contributed by atoms with Crippen LogP contribution in [0, 0.1) is 0 Å². The van der Waals surface area contributed by atoms with Crippen molar-refractivity contribution in [1.29, 1.82) is 0 Å². The average Bonchev–Trinajstić information content (AvgIpc) is 2.80. The van der Waals surface area contributed by atoms with Crippen molar-refractivity contribution in [3.63, 3.8) is 0 Å². The monoisotopic (exact) mass is 254 g/mol. The zero-order valence-electron chi connectivity index (χ0n) is 9.80. The van der Waals surface area contributed by atoms with Crippen molar-refractivity contribution in [1.82, 2.24) is 4.90 Å². The van der Waals surface area contributed by atoms with E-state index in [2.05, 4.69) is 4.90 Å². The van der Waals surface area contributed by atoms with Gasteiger partial charge in [0.05, 0.1) is 16.3 Å². The minimum Gasteiger partial charge on any atom is -0.398 e. The molecule has 1 saturated heterocycles. The predicted molar refractivity (Wildman–Crippen MR) is 68.6 cm³/mol. The second-order valence-corrected chi connectivity index (χ2v) is 6.48. The van der Waals surface area contributed by atoms with Crippen molar-refractivity contribution < 1.29 is 8.42 Å². The fourth-order valence-corrected chi connectivity index (χ4v) is 3.56. The highest BCUT2D eigenvalue weighted by atomic mass is 32.2. The summed E-state index contributed by atoms with van der Waals surface area (Å²) in [7, 11) is -3.25. The van der Waals surface area contributed by atoms with Crippen LogP contribution in [0.15, 0.2) is 29.2 Å². The first-order chi connectivity index (χ1) is 8.09. The molecule has 5 heteroatoms. The molecule has 1 aromatic carbocycles. The van der Waals surface area contributed by atoms with Gasteiger partial charge in [-0.1, -0.05) is 12.1 Å². The van der Waals surface area contributed by atoms with Gasteiger partial charge in [-0.3, -0.25) is 0 Å². The Bertz CT molecular complexity index is 479. The third-order valence-corrected chi connectivity index (χ3v) is 4.89. The van der Waals surface area contributed by atoms with Crippen LogP contribution in [-0.4, -0.2) is 38.7 Å². The summed E-state index contributed by atoms with van der Waals surface area (Å²) in [5.41, 5.74) is 6.04. The lowest BCUT2D eigenvalue weighted by Crippen LogP contribution is -2.26. The summed E-state index contributed by atoms with van der Waals surface area (Å²) in [4.78, 5) is 2.45. The molecule has 0 aromatic heterocycles. The highest BCUT2D eigenvalue weighted by Gasteiger charge is 2.20. The van der Waals surface area contributed by atoms with Crippen molar-refractivity contribution in [3.05, 3.63) is 24.3 Å². The van der Waals surface area contributed by atoms with Gasteiger partial charge < -0.3 is 10.6 Å². The maximum atomic E-state index is 12.1. The van der Waals surface area contributed by atoms with Crippen LogP contribution in [0.1, 0.15) is 12.8 Å². The van der Waals surface area contributed by atoms with E-state index in [-0.39, 0.29) is 10.6 Å². The minimum absolute atomic E-state index is 0.154. The molecule has 0 spiro atoms. The summed E-state index contributed by atoms with van der Waals surface area (Å²) in [6.07, 6.45) is 2.35. The molecule has 2 N–H and O–H groups in total. The number of sulfone groups is 1. The van der Waals surface area contributed by atoms with Crippen LogP contribution in [0.5, 0.6) is 0 Å². The lowest BCUT2D eigenvalue weighted by atomic mass is 10.3. The summed E-state index contributed by atoms with van der Waals surface area (Å²) in [5.74, 6) is 0.154. The number of rotatable bonds is 4. The molecule has 4 nitrogen and oxygen atoms in total. The molecule has 0 amide bonds. The van der Waals surface area contributed by atoms with Crippen LogP contribution in [0.25, 0.3) is 0 Å². The van der Waals surface area contributed by atoms with Gasteiger partial charge in [0, 0.05) is 6.54 Å². The van der Waals surface area contributed by atoms with Gasteiger partial charge in [0.1, 0.15) is 0 Å². The van der Waals surface area contributed by atoms with Gasteiger partial charge in [0.15, 0.2) is 9.84 Å². The average molecular weight is 254 g/mol. The van der Waals surface area contributed by atoms with Crippen LogP contribution >= 0.6 is 0 Å². The van der Waals surface area contributed by atoms with Gasteiger partial charge in [-0.15, -0.1) is 0 Å². The molecule has 0 radical (unpaired) electrons. The summed E-state index contributed by atoms with van der Waals surface area (Å²) in [5, 5.41) is 0. The van der Waals surface area contributed by atoms with Crippen LogP contribution in [0.4, 0.5) is 5.69 Å². The minimum atomic E-state index is -3.25. The van der Waals surface area contributed by atoms with Crippen LogP contribution in [0.2, 0.25) is 0 Å². The number of likely N-dealkylation sites (tertiary alicyclic amines) is 1. The van der Waals surface area contributed by atoms with E-state index < -0.39 is 9.84 Å². The SMILES string of the molecule is Nc1ccccc1S(=O)(=O)CCN1CCCC1. The summed E-state index contributed by atoms with van der Waals surface area (Å²) in [6.45, 7) is 2.64. The number of hydrogen-bond donors (Lipinski definition) is 1. The Kier molecular flexibility index (Phi) is 3.69. The van der Waals surface area contributed by atoms with Gasteiger partial charge in [0.2, 0.25) is 0 Å². The predicted octanol–water partition coefficient (Wildman–Crippen LogP) is 1.14. The fraction of sp³-hybridized carbons (Fsp3) is 0.500.